The number of para-hydroxylation sites is 1. The first-order valence-corrected chi connectivity index (χ1v) is 9.04. The molecule has 1 amide bonds. The Morgan fingerprint density at radius 3 is 2.58 bits per heavy atom. The van der Waals surface area contributed by atoms with Gasteiger partial charge in [-0.25, -0.2) is 0 Å². The molecule has 26 heavy (non-hydrogen) atoms. The average molecular weight is 375 g/mol. The zero-order valence-corrected chi connectivity index (χ0v) is 15.7. The van der Waals surface area contributed by atoms with Crippen LogP contribution in [0.4, 0.5) is 0 Å². The van der Waals surface area contributed by atoms with E-state index in [1.54, 1.807) is 0 Å². The highest BCUT2D eigenvalue weighted by Crippen LogP contribution is 2.31. The van der Waals surface area contributed by atoms with E-state index in [4.69, 9.17) is 10.5 Å². The van der Waals surface area contributed by atoms with E-state index in [1.165, 1.54) is 0 Å². The minimum absolute atomic E-state index is 0. The number of rotatable bonds is 7. The Morgan fingerprint density at radius 1 is 1.08 bits per heavy atom. The molecule has 1 aliphatic carbocycles. The predicted octanol–water partition coefficient (Wildman–Crippen LogP) is 3.65. The van der Waals surface area contributed by atoms with Gasteiger partial charge in [0.25, 0.3) is 0 Å². The van der Waals surface area contributed by atoms with Crippen LogP contribution in [0.2, 0.25) is 0 Å². The van der Waals surface area contributed by atoms with Crippen molar-refractivity contribution < 1.29 is 9.53 Å². The molecule has 1 saturated carbocycles. The van der Waals surface area contributed by atoms with Crippen molar-refractivity contribution in [3.05, 3.63) is 54.6 Å². The summed E-state index contributed by atoms with van der Waals surface area (Å²) in [7, 11) is 0. The number of ether oxygens (including phenoxy) is 1. The van der Waals surface area contributed by atoms with Gasteiger partial charge in [-0.3, -0.25) is 4.79 Å². The summed E-state index contributed by atoms with van der Waals surface area (Å²) in [6, 6.07) is 18.1. The second kappa shape index (κ2) is 10.2. The van der Waals surface area contributed by atoms with Crippen LogP contribution in [-0.4, -0.2) is 25.6 Å². The van der Waals surface area contributed by atoms with Gasteiger partial charge in [-0.1, -0.05) is 55.0 Å². The number of nitrogens with one attached hydrogen (secondary N) is 1. The van der Waals surface area contributed by atoms with Gasteiger partial charge in [-0.05, 0) is 36.9 Å². The van der Waals surface area contributed by atoms with E-state index < -0.39 is 0 Å². The van der Waals surface area contributed by atoms with Gasteiger partial charge in [-0.15, -0.1) is 12.4 Å². The minimum atomic E-state index is 0. The summed E-state index contributed by atoms with van der Waals surface area (Å²) in [5.74, 6) is 1.36. The molecule has 0 aromatic heterocycles. The topological polar surface area (TPSA) is 64.4 Å². The Kier molecular flexibility index (Phi) is 7.95. The third kappa shape index (κ3) is 4.99. The van der Waals surface area contributed by atoms with Crippen LogP contribution in [0.3, 0.4) is 0 Å². The van der Waals surface area contributed by atoms with E-state index in [0.717, 1.165) is 36.1 Å². The first-order valence-electron chi connectivity index (χ1n) is 9.04. The van der Waals surface area contributed by atoms with Gasteiger partial charge in [0.1, 0.15) is 12.4 Å². The minimum Gasteiger partial charge on any atom is -0.491 e. The van der Waals surface area contributed by atoms with Crippen molar-refractivity contribution in [1.82, 2.24) is 5.32 Å². The highest BCUT2D eigenvalue weighted by atomic mass is 35.5. The van der Waals surface area contributed by atoms with E-state index >= 15 is 0 Å². The normalized spacial score (nSPS) is 18.8. The SMILES string of the molecule is Cl.NC[C@H]1CCC[C@H]1C(=O)NCCOc1ccccc1-c1ccccc1. The largest absolute Gasteiger partial charge is 0.491 e. The maximum atomic E-state index is 12.3. The predicted molar refractivity (Wildman–Crippen MR) is 108 cm³/mol. The Morgan fingerprint density at radius 2 is 1.81 bits per heavy atom. The van der Waals surface area contributed by atoms with Gasteiger partial charge in [-0.2, -0.15) is 0 Å². The van der Waals surface area contributed by atoms with E-state index in [1.807, 2.05) is 42.5 Å². The average Bonchev–Trinajstić information content (AvgIpc) is 3.15. The molecule has 0 heterocycles. The monoisotopic (exact) mass is 374 g/mol. The fraction of sp³-hybridized carbons (Fsp3) is 0.381. The van der Waals surface area contributed by atoms with Crippen molar-refractivity contribution in [1.29, 1.82) is 0 Å². The van der Waals surface area contributed by atoms with Crippen LogP contribution in [0.25, 0.3) is 11.1 Å². The molecule has 3 rings (SSSR count). The molecule has 3 N–H and O–H groups in total. The zero-order valence-electron chi connectivity index (χ0n) is 14.9. The van der Waals surface area contributed by atoms with E-state index in [9.17, 15) is 4.79 Å². The zero-order chi connectivity index (χ0) is 17.5. The number of hydrogen-bond acceptors (Lipinski definition) is 3. The number of benzene rings is 2. The lowest BCUT2D eigenvalue weighted by atomic mass is 9.95. The van der Waals surface area contributed by atoms with Crippen LogP contribution >= 0.6 is 12.4 Å². The van der Waals surface area contributed by atoms with Crippen molar-refractivity contribution in [2.45, 2.75) is 19.3 Å². The molecule has 1 aliphatic rings. The van der Waals surface area contributed by atoms with Crippen molar-refractivity contribution in [2.24, 2.45) is 17.6 Å². The Labute approximate surface area is 161 Å². The standard InChI is InChI=1S/C21H26N2O2.ClH/c22-15-17-9-6-11-19(17)21(24)23-13-14-25-20-12-5-4-10-18(20)16-7-2-1-3-8-16;/h1-5,7-8,10,12,17,19H,6,9,11,13-15,22H2,(H,23,24);1H/t17-,19-;/m1./s1. The smallest absolute Gasteiger partial charge is 0.223 e. The second-order valence-corrected chi connectivity index (χ2v) is 6.53. The molecule has 0 saturated heterocycles. The number of carbonyl (C=O) groups is 1. The number of carbonyl (C=O) groups excluding carboxylic acids is 1. The Hall–Kier alpha value is -2.04. The summed E-state index contributed by atoms with van der Waals surface area (Å²) in [5, 5.41) is 3.00. The molecule has 0 unspecified atom stereocenters. The molecule has 2 aromatic rings. The van der Waals surface area contributed by atoms with Crippen LogP contribution in [0.1, 0.15) is 19.3 Å². The molecule has 0 radical (unpaired) electrons. The molecular formula is C21H27ClN2O2. The van der Waals surface area contributed by atoms with Crippen molar-refractivity contribution in [2.75, 3.05) is 19.7 Å². The second-order valence-electron chi connectivity index (χ2n) is 6.53. The summed E-state index contributed by atoms with van der Waals surface area (Å²) in [6.07, 6.45) is 3.11. The summed E-state index contributed by atoms with van der Waals surface area (Å²) in [5.41, 5.74) is 7.95. The maximum Gasteiger partial charge on any atom is 0.223 e. The first kappa shape index (κ1) is 20.3. The molecule has 1 fully saturated rings. The van der Waals surface area contributed by atoms with Crippen molar-refractivity contribution in [3.63, 3.8) is 0 Å². The lowest BCUT2D eigenvalue weighted by Crippen LogP contribution is -2.37. The van der Waals surface area contributed by atoms with Crippen LogP contribution in [-0.2, 0) is 4.79 Å². The van der Waals surface area contributed by atoms with Gasteiger partial charge in [0.05, 0.1) is 6.54 Å². The number of nitrogens with two attached hydrogens (primary N) is 1. The summed E-state index contributed by atoms with van der Waals surface area (Å²) in [6.45, 7) is 1.56. The summed E-state index contributed by atoms with van der Waals surface area (Å²) in [4.78, 5) is 12.3. The van der Waals surface area contributed by atoms with Crippen molar-refractivity contribution in [3.8, 4) is 16.9 Å². The lowest BCUT2D eigenvalue weighted by Gasteiger charge is -2.17. The maximum absolute atomic E-state index is 12.3. The fourth-order valence-corrected chi connectivity index (χ4v) is 3.58. The van der Waals surface area contributed by atoms with Gasteiger partial charge in [0.2, 0.25) is 5.91 Å². The molecule has 0 spiro atoms. The van der Waals surface area contributed by atoms with E-state index in [-0.39, 0.29) is 24.2 Å². The van der Waals surface area contributed by atoms with Crippen LogP contribution in [0.15, 0.2) is 54.6 Å². The molecule has 2 aromatic carbocycles. The van der Waals surface area contributed by atoms with Gasteiger partial charge < -0.3 is 15.8 Å². The first-order chi connectivity index (χ1) is 12.3. The van der Waals surface area contributed by atoms with E-state index in [2.05, 4.69) is 17.4 Å². The van der Waals surface area contributed by atoms with Crippen LogP contribution in [0, 0.1) is 11.8 Å². The Bertz CT molecular complexity index is 693. The van der Waals surface area contributed by atoms with E-state index in [0.29, 0.717) is 25.6 Å². The molecule has 4 nitrogen and oxygen atoms in total. The third-order valence-electron chi connectivity index (χ3n) is 4.93. The molecule has 140 valence electrons. The van der Waals surface area contributed by atoms with Gasteiger partial charge in [0, 0.05) is 11.5 Å². The lowest BCUT2D eigenvalue weighted by molar-refractivity contribution is -0.126. The molecule has 2 atom stereocenters. The van der Waals surface area contributed by atoms with Gasteiger partial charge in [0.15, 0.2) is 0 Å². The number of amides is 1. The molecule has 5 heteroatoms. The molecule has 0 aliphatic heterocycles. The summed E-state index contributed by atoms with van der Waals surface area (Å²) >= 11 is 0. The van der Waals surface area contributed by atoms with Crippen LogP contribution in [0.5, 0.6) is 5.75 Å². The Balaban J connectivity index is 0.00000243. The fourth-order valence-electron chi connectivity index (χ4n) is 3.58. The summed E-state index contributed by atoms with van der Waals surface area (Å²) < 4.78 is 5.92. The third-order valence-corrected chi connectivity index (χ3v) is 4.93. The number of halogens is 1. The highest BCUT2D eigenvalue weighted by Gasteiger charge is 2.31. The molecule has 0 bridgehead atoms. The van der Waals surface area contributed by atoms with Crippen molar-refractivity contribution >= 4 is 18.3 Å². The molecular weight excluding hydrogens is 348 g/mol. The van der Waals surface area contributed by atoms with Crippen LogP contribution < -0.4 is 15.8 Å². The highest BCUT2D eigenvalue weighted by molar-refractivity contribution is 5.85. The van der Waals surface area contributed by atoms with Gasteiger partial charge >= 0.3 is 0 Å². The number of hydrogen-bond donors (Lipinski definition) is 2. The quantitative estimate of drug-likeness (QED) is 0.727.